The fraction of sp³-hybridized carbons (Fsp3) is 0.667. The van der Waals surface area contributed by atoms with E-state index in [0.717, 1.165) is 19.4 Å². The first kappa shape index (κ1) is 14.3. The van der Waals surface area contributed by atoms with Crippen LogP contribution in [-0.2, 0) is 0 Å². The summed E-state index contributed by atoms with van der Waals surface area (Å²) in [6.07, 6.45) is 3.76. The number of aromatic nitrogens is 2. The lowest BCUT2D eigenvalue weighted by Crippen LogP contribution is -2.36. The SMILES string of the molecule is CCCNC(CC)C(C)Sc1nccc(=O)[nH]1. The van der Waals surface area contributed by atoms with Crippen molar-refractivity contribution in [3.05, 3.63) is 22.6 Å². The molecular formula is C12H21N3OS. The molecule has 0 fully saturated rings. The van der Waals surface area contributed by atoms with Crippen molar-refractivity contribution in [1.82, 2.24) is 15.3 Å². The summed E-state index contributed by atoms with van der Waals surface area (Å²) in [6, 6.07) is 1.88. The van der Waals surface area contributed by atoms with Gasteiger partial charge in [-0.1, -0.05) is 32.5 Å². The van der Waals surface area contributed by atoms with Crippen LogP contribution in [0.1, 0.15) is 33.6 Å². The lowest BCUT2D eigenvalue weighted by Gasteiger charge is -2.22. The van der Waals surface area contributed by atoms with E-state index in [1.807, 2.05) is 0 Å². The molecule has 0 aliphatic heterocycles. The van der Waals surface area contributed by atoms with Crippen LogP contribution in [-0.4, -0.2) is 27.8 Å². The van der Waals surface area contributed by atoms with Gasteiger partial charge in [0.2, 0.25) is 0 Å². The first-order valence-electron chi connectivity index (χ1n) is 6.12. The molecule has 0 amide bonds. The molecule has 1 aromatic rings. The molecule has 0 radical (unpaired) electrons. The third-order valence-corrected chi connectivity index (χ3v) is 3.74. The zero-order chi connectivity index (χ0) is 12.7. The molecule has 0 saturated carbocycles. The Hall–Kier alpha value is -0.810. The molecule has 1 heterocycles. The van der Waals surface area contributed by atoms with Gasteiger partial charge in [-0.15, -0.1) is 0 Å². The molecule has 0 aliphatic carbocycles. The zero-order valence-electron chi connectivity index (χ0n) is 10.7. The van der Waals surface area contributed by atoms with E-state index in [1.54, 1.807) is 18.0 Å². The summed E-state index contributed by atoms with van der Waals surface area (Å²) in [6.45, 7) is 7.52. The van der Waals surface area contributed by atoms with Crippen molar-refractivity contribution < 1.29 is 0 Å². The molecule has 0 spiro atoms. The first-order valence-corrected chi connectivity index (χ1v) is 7.00. The van der Waals surface area contributed by atoms with Gasteiger partial charge in [-0.05, 0) is 19.4 Å². The summed E-state index contributed by atoms with van der Waals surface area (Å²) < 4.78 is 0. The molecule has 5 heteroatoms. The number of nitrogens with zero attached hydrogens (tertiary/aromatic N) is 1. The van der Waals surface area contributed by atoms with Crippen LogP contribution in [0.3, 0.4) is 0 Å². The second-order valence-corrected chi connectivity index (χ2v) is 5.40. The molecule has 1 rings (SSSR count). The third-order valence-electron chi connectivity index (χ3n) is 2.61. The van der Waals surface area contributed by atoms with E-state index in [2.05, 4.69) is 36.1 Å². The summed E-state index contributed by atoms with van der Waals surface area (Å²) in [7, 11) is 0. The predicted octanol–water partition coefficient (Wildman–Crippen LogP) is 2.03. The molecule has 0 saturated heterocycles. The Morgan fingerprint density at radius 3 is 2.88 bits per heavy atom. The Morgan fingerprint density at radius 1 is 1.53 bits per heavy atom. The van der Waals surface area contributed by atoms with Crippen molar-refractivity contribution in [1.29, 1.82) is 0 Å². The standard InChI is InChI=1S/C12H21N3OS/c1-4-7-13-10(5-2)9(3)17-12-14-8-6-11(16)15-12/h6,8-10,13H,4-5,7H2,1-3H3,(H,14,15,16). The second-order valence-electron chi connectivity index (χ2n) is 4.03. The fourth-order valence-corrected chi connectivity index (χ4v) is 2.73. The highest BCUT2D eigenvalue weighted by molar-refractivity contribution is 7.99. The molecule has 17 heavy (non-hydrogen) atoms. The largest absolute Gasteiger partial charge is 0.313 e. The monoisotopic (exact) mass is 255 g/mol. The molecule has 2 N–H and O–H groups in total. The van der Waals surface area contributed by atoms with Crippen LogP contribution in [0.2, 0.25) is 0 Å². The van der Waals surface area contributed by atoms with Gasteiger partial charge >= 0.3 is 0 Å². The molecule has 0 aliphatic rings. The second kappa shape index (κ2) is 7.50. The Morgan fingerprint density at radius 2 is 2.29 bits per heavy atom. The quantitative estimate of drug-likeness (QED) is 0.578. The number of hydrogen-bond donors (Lipinski definition) is 2. The summed E-state index contributed by atoms with van der Waals surface area (Å²) in [4.78, 5) is 18.1. The number of nitrogens with one attached hydrogen (secondary N) is 2. The van der Waals surface area contributed by atoms with Crippen LogP contribution in [0.4, 0.5) is 0 Å². The number of rotatable bonds is 7. The topological polar surface area (TPSA) is 57.8 Å². The van der Waals surface area contributed by atoms with Gasteiger partial charge in [-0.25, -0.2) is 4.98 Å². The average Bonchev–Trinajstić information content (AvgIpc) is 2.30. The third kappa shape index (κ3) is 4.91. The van der Waals surface area contributed by atoms with E-state index in [9.17, 15) is 4.79 Å². The lowest BCUT2D eigenvalue weighted by molar-refractivity contribution is 0.493. The van der Waals surface area contributed by atoms with E-state index in [1.165, 1.54) is 6.07 Å². The molecule has 4 nitrogen and oxygen atoms in total. The van der Waals surface area contributed by atoms with Crippen molar-refractivity contribution >= 4 is 11.8 Å². The van der Waals surface area contributed by atoms with Crippen LogP contribution in [0.25, 0.3) is 0 Å². The van der Waals surface area contributed by atoms with Gasteiger partial charge in [0.05, 0.1) is 0 Å². The summed E-state index contributed by atoms with van der Waals surface area (Å²) in [5.74, 6) is 0. The molecule has 1 aromatic heterocycles. The molecule has 0 bridgehead atoms. The van der Waals surface area contributed by atoms with Crippen LogP contribution < -0.4 is 10.9 Å². The predicted molar refractivity (Wildman–Crippen MR) is 72.5 cm³/mol. The van der Waals surface area contributed by atoms with Crippen LogP contribution >= 0.6 is 11.8 Å². The van der Waals surface area contributed by atoms with Crippen molar-refractivity contribution in [3.63, 3.8) is 0 Å². The molecule has 2 atom stereocenters. The highest BCUT2D eigenvalue weighted by Gasteiger charge is 2.16. The number of aromatic amines is 1. The normalized spacial score (nSPS) is 14.5. The number of H-pyrrole nitrogens is 1. The van der Waals surface area contributed by atoms with Crippen LogP contribution in [0.5, 0.6) is 0 Å². The van der Waals surface area contributed by atoms with Crippen molar-refractivity contribution in [2.24, 2.45) is 0 Å². The van der Waals surface area contributed by atoms with Crippen molar-refractivity contribution in [2.45, 2.75) is 50.1 Å². The van der Waals surface area contributed by atoms with E-state index in [-0.39, 0.29) is 5.56 Å². The number of hydrogen-bond acceptors (Lipinski definition) is 4. The molecular weight excluding hydrogens is 234 g/mol. The molecule has 0 aromatic carbocycles. The van der Waals surface area contributed by atoms with Gasteiger partial charge in [0.15, 0.2) is 5.16 Å². The van der Waals surface area contributed by atoms with Gasteiger partial charge in [-0.2, -0.15) is 0 Å². The Labute approximate surface area is 107 Å². The van der Waals surface area contributed by atoms with Gasteiger partial charge in [-0.3, -0.25) is 4.79 Å². The summed E-state index contributed by atoms with van der Waals surface area (Å²) in [5, 5.41) is 4.60. The molecule has 2 unspecified atom stereocenters. The van der Waals surface area contributed by atoms with Crippen molar-refractivity contribution in [2.75, 3.05) is 6.54 Å². The van der Waals surface area contributed by atoms with Crippen LogP contribution in [0.15, 0.2) is 22.2 Å². The Balaban J connectivity index is 2.57. The van der Waals surface area contributed by atoms with E-state index < -0.39 is 0 Å². The zero-order valence-corrected chi connectivity index (χ0v) is 11.5. The minimum Gasteiger partial charge on any atom is -0.313 e. The van der Waals surface area contributed by atoms with Gasteiger partial charge in [0.25, 0.3) is 5.56 Å². The van der Waals surface area contributed by atoms with Crippen LogP contribution in [0, 0.1) is 0 Å². The fourth-order valence-electron chi connectivity index (χ4n) is 1.64. The maximum atomic E-state index is 11.2. The summed E-state index contributed by atoms with van der Waals surface area (Å²) >= 11 is 1.61. The first-order chi connectivity index (χ1) is 8.17. The maximum absolute atomic E-state index is 11.2. The Bertz CT molecular complexity index is 380. The minimum absolute atomic E-state index is 0.0933. The highest BCUT2D eigenvalue weighted by atomic mass is 32.2. The maximum Gasteiger partial charge on any atom is 0.251 e. The number of thioether (sulfide) groups is 1. The van der Waals surface area contributed by atoms with Gasteiger partial charge in [0.1, 0.15) is 0 Å². The van der Waals surface area contributed by atoms with Gasteiger partial charge < -0.3 is 10.3 Å². The van der Waals surface area contributed by atoms with E-state index in [0.29, 0.717) is 16.4 Å². The Kier molecular flexibility index (Phi) is 6.29. The van der Waals surface area contributed by atoms with E-state index >= 15 is 0 Å². The van der Waals surface area contributed by atoms with Crippen molar-refractivity contribution in [3.8, 4) is 0 Å². The molecule has 96 valence electrons. The van der Waals surface area contributed by atoms with E-state index in [4.69, 9.17) is 0 Å². The van der Waals surface area contributed by atoms with Gasteiger partial charge in [0, 0.05) is 23.6 Å². The minimum atomic E-state index is -0.0933. The smallest absolute Gasteiger partial charge is 0.251 e. The summed E-state index contributed by atoms with van der Waals surface area (Å²) in [5.41, 5.74) is -0.0933. The highest BCUT2D eigenvalue weighted by Crippen LogP contribution is 2.21. The lowest BCUT2D eigenvalue weighted by atomic mass is 10.1. The average molecular weight is 255 g/mol.